The molecule has 0 unspecified atom stereocenters. The molecule has 0 bridgehead atoms. The molecule has 0 fully saturated rings. The van der Waals surface area contributed by atoms with Gasteiger partial charge in [-0.05, 0) is 32.0 Å². The number of aryl methyl sites for hydroxylation is 2. The summed E-state index contributed by atoms with van der Waals surface area (Å²) >= 11 is 0. The van der Waals surface area contributed by atoms with Gasteiger partial charge in [0.2, 0.25) is 5.69 Å². The molecule has 2 aromatic rings. The average molecular weight is 199 g/mol. The van der Waals surface area contributed by atoms with Crippen LogP contribution in [0, 0.1) is 19.1 Å². The summed E-state index contributed by atoms with van der Waals surface area (Å²) in [4.78, 5) is 0. The zero-order chi connectivity index (χ0) is 10.8. The van der Waals surface area contributed by atoms with Gasteiger partial charge < -0.3 is 5.21 Å². The van der Waals surface area contributed by atoms with E-state index in [0.29, 0.717) is 0 Å². The molecule has 0 aliphatic heterocycles. The van der Waals surface area contributed by atoms with E-state index >= 15 is 0 Å². The van der Waals surface area contributed by atoms with Crippen LogP contribution < -0.4 is 4.73 Å². The topological polar surface area (TPSA) is 26.9 Å². The van der Waals surface area contributed by atoms with Crippen LogP contribution in [-0.2, 0) is 0 Å². The molecular formula is C13H13NO. The molecule has 76 valence electrons. The summed E-state index contributed by atoms with van der Waals surface area (Å²) in [5.74, 6) is 0. The Labute approximate surface area is 89.4 Å². The van der Waals surface area contributed by atoms with E-state index in [9.17, 15) is 5.21 Å². The summed E-state index contributed by atoms with van der Waals surface area (Å²) in [6.45, 7) is 3.98. The lowest BCUT2D eigenvalue weighted by molar-refractivity contribution is -0.594. The number of benzene rings is 1. The highest BCUT2D eigenvalue weighted by Gasteiger charge is 2.11. The van der Waals surface area contributed by atoms with E-state index in [2.05, 4.69) is 0 Å². The normalized spacial score (nSPS) is 10.3. The molecule has 15 heavy (non-hydrogen) atoms. The quantitative estimate of drug-likeness (QED) is 0.512. The maximum atomic E-state index is 11.7. The van der Waals surface area contributed by atoms with Crippen LogP contribution in [0.5, 0.6) is 0 Å². The average Bonchev–Trinajstić information content (AvgIpc) is 2.17. The van der Waals surface area contributed by atoms with Crippen LogP contribution in [0.4, 0.5) is 0 Å². The summed E-state index contributed by atoms with van der Waals surface area (Å²) in [7, 11) is 0. The first-order valence-electron chi connectivity index (χ1n) is 4.94. The van der Waals surface area contributed by atoms with E-state index in [4.69, 9.17) is 0 Å². The maximum Gasteiger partial charge on any atom is 0.226 e. The largest absolute Gasteiger partial charge is 0.618 e. The van der Waals surface area contributed by atoms with Crippen molar-refractivity contribution in [2.24, 2.45) is 0 Å². The number of nitrogens with zero attached hydrogens (tertiary/aromatic N) is 1. The summed E-state index contributed by atoms with van der Waals surface area (Å²) in [5, 5.41) is 11.7. The SMILES string of the molecule is Cc1cccc(-c2c(C)ccc[n+]2[O-])c1. The Morgan fingerprint density at radius 1 is 1.07 bits per heavy atom. The van der Waals surface area contributed by atoms with Crippen LogP contribution >= 0.6 is 0 Å². The molecule has 0 radical (unpaired) electrons. The lowest BCUT2D eigenvalue weighted by Gasteiger charge is -2.07. The van der Waals surface area contributed by atoms with Crippen LogP contribution in [0.15, 0.2) is 42.6 Å². The third-order valence-corrected chi connectivity index (χ3v) is 2.45. The van der Waals surface area contributed by atoms with Crippen LogP contribution in [0.25, 0.3) is 11.3 Å². The zero-order valence-corrected chi connectivity index (χ0v) is 8.90. The Hall–Kier alpha value is -1.83. The second-order valence-corrected chi connectivity index (χ2v) is 3.74. The van der Waals surface area contributed by atoms with Gasteiger partial charge in [0, 0.05) is 17.2 Å². The highest BCUT2D eigenvalue weighted by Crippen LogP contribution is 2.19. The predicted octanol–water partition coefficient (Wildman–Crippen LogP) is 2.60. The van der Waals surface area contributed by atoms with Gasteiger partial charge in [-0.3, -0.25) is 0 Å². The second kappa shape index (κ2) is 3.73. The van der Waals surface area contributed by atoms with E-state index in [0.717, 1.165) is 27.1 Å². The van der Waals surface area contributed by atoms with Crippen molar-refractivity contribution in [3.8, 4) is 11.3 Å². The molecule has 1 aromatic carbocycles. The van der Waals surface area contributed by atoms with E-state index in [1.165, 1.54) is 6.20 Å². The van der Waals surface area contributed by atoms with Crippen molar-refractivity contribution >= 4 is 0 Å². The van der Waals surface area contributed by atoms with Gasteiger partial charge in [-0.2, -0.15) is 4.73 Å². The van der Waals surface area contributed by atoms with Gasteiger partial charge in [0.25, 0.3) is 0 Å². The molecule has 2 rings (SSSR count). The Morgan fingerprint density at radius 2 is 1.87 bits per heavy atom. The van der Waals surface area contributed by atoms with Gasteiger partial charge in [-0.25, -0.2) is 0 Å². The van der Waals surface area contributed by atoms with Crippen molar-refractivity contribution < 1.29 is 4.73 Å². The molecule has 0 aliphatic carbocycles. The molecule has 0 saturated carbocycles. The third kappa shape index (κ3) is 1.84. The van der Waals surface area contributed by atoms with Crippen molar-refractivity contribution in [2.75, 3.05) is 0 Å². The minimum absolute atomic E-state index is 0.737. The van der Waals surface area contributed by atoms with Crippen molar-refractivity contribution in [3.63, 3.8) is 0 Å². The van der Waals surface area contributed by atoms with E-state index in [-0.39, 0.29) is 0 Å². The minimum Gasteiger partial charge on any atom is -0.618 e. The number of hydrogen-bond acceptors (Lipinski definition) is 1. The second-order valence-electron chi connectivity index (χ2n) is 3.74. The summed E-state index contributed by atoms with van der Waals surface area (Å²) in [6.07, 6.45) is 1.53. The molecular weight excluding hydrogens is 186 g/mol. The lowest BCUT2D eigenvalue weighted by atomic mass is 10.0. The van der Waals surface area contributed by atoms with Crippen LogP contribution in [0.2, 0.25) is 0 Å². The van der Waals surface area contributed by atoms with Gasteiger partial charge >= 0.3 is 0 Å². The fraction of sp³-hybridized carbons (Fsp3) is 0.154. The lowest BCUT2D eigenvalue weighted by Crippen LogP contribution is -2.29. The Bertz CT molecular complexity index is 471. The number of pyridine rings is 1. The molecule has 2 heteroatoms. The smallest absolute Gasteiger partial charge is 0.226 e. The Kier molecular flexibility index (Phi) is 2.42. The molecule has 0 N–H and O–H groups in total. The fourth-order valence-electron chi connectivity index (χ4n) is 1.74. The summed E-state index contributed by atoms with van der Waals surface area (Å²) in [5.41, 5.74) is 3.87. The third-order valence-electron chi connectivity index (χ3n) is 2.45. The fourth-order valence-corrected chi connectivity index (χ4v) is 1.74. The first kappa shape index (κ1) is 9.71. The van der Waals surface area contributed by atoms with Gasteiger partial charge in [-0.15, -0.1) is 0 Å². The first-order valence-corrected chi connectivity index (χ1v) is 4.94. The Morgan fingerprint density at radius 3 is 2.53 bits per heavy atom. The predicted molar refractivity (Wildman–Crippen MR) is 60.3 cm³/mol. The van der Waals surface area contributed by atoms with Crippen LogP contribution in [0.3, 0.4) is 0 Å². The van der Waals surface area contributed by atoms with Gasteiger partial charge in [0.1, 0.15) is 0 Å². The minimum atomic E-state index is 0.737. The number of hydrogen-bond donors (Lipinski definition) is 0. The van der Waals surface area contributed by atoms with Crippen LogP contribution in [-0.4, -0.2) is 0 Å². The van der Waals surface area contributed by atoms with E-state index in [1.807, 2.05) is 44.2 Å². The molecule has 0 spiro atoms. The monoisotopic (exact) mass is 199 g/mol. The number of aromatic nitrogens is 1. The van der Waals surface area contributed by atoms with E-state index < -0.39 is 0 Å². The van der Waals surface area contributed by atoms with Crippen molar-refractivity contribution in [3.05, 3.63) is 58.9 Å². The molecule has 0 saturated heterocycles. The van der Waals surface area contributed by atoms with Crippen molar-refractivity contribution in [1.82, 2.24) is 0 Å². The van der Waals surface area contributed by atoms with Gasteiger partial charge in [0.15, 0.2) is 6.20 Å². The van der Waals surface area contributed by atoms with Gasteiger partial charge in [0.05, 0.1) is 0 Å². The number of rotatable bonds is 1. The Balaban J connectivity index is 2.63. The summed E-state index contributed by atoms with van der Waals surface area (Å²) < 4.78 is 0.921. The first-order chi connectivity index (χ1) is 7.18. The molecule has 0 atom stereocenters. The molecule has 0 amide bonds. The summed E-state index contributed by atoms with van der Waals surface area (Å²) in [6, 6.07) is 11.7. The van der Waals surface area contributed by atoms with Crippen LogP contribution in [0.1, 0.15) is 11.1 Å². The molecule has 1 heterocycles. The maximum absolute atomic E-state index is 11.7. The van der Waals surface area contributed by atoms with Crippen molar-refractivity contribution in [2.45, 2.75) is 13.8 Å². The zero-order valence-electron chi connectivity index (χ0n) is 8.90. The van der Waals surface area contributed by atoms with Gasteiger partial charge in [-0.1, -0.05) is 17.7 Å². The van der Waals surface area contributed by atoms with E-state index in [1.54, 1.807) is 6.07 Å². The highest BCUT2D eigenvalue weighted by atomic mass is 16.5. The molecule has 2 nitrogen and oxygen atoms in total. The highest BCUT2D eigenvalue weighted by molar-refractivity contribution is 5.60. The standard InChI is InChI=1S/C13H13NO/c1-10-5-3-7-12(9-10)13-11(2)6-4-8-14(13)15/h3-9H,1-2H3. The molecule has 0 aliphatic rings. The van der Waals surface area contributed by atoms with Crippen molar-refractivity contribution in [1.29, 1.82) is 0 Å². The molecule has 1 aromatic heterocycles.